The molecule has 0 unspecified atom stereocenters. The van der Waals surface area contributed by atoms with Gasteiger partial charge in [-0.15, -0.1) is 11.3 Å². The van der Waals surface area contributed by atoms with Crippen LogP contribution in [0.25, 0.3) is 0 Å². The zero-order chi connectivity index (χ0) is 23.5. The monoisotopic (exact) mass is 468 g/mol. The lowest BCUT2D eigenvalue weighted by Gasteiger charge is -2.11. The molecule has 0 radical (unpaired) electrons. The summed E-state index contributed by atoms with van der Waals surface area (Å²) < 4.78 is 18.1. The minimum Gasteiger partial charge on any atom is -0.454 e. The summed E-state index contributed by atoms with van der Waals surface area (Å²) in [4.78, 5) is 37.4. The lowest BCUT2D eigenvalue weighted by atomic mass is 10.1. The number of amides is 1. The van der Waals surface area contributed by atoms with E-state index in [1.54, 1.807) is 12.1 Å². The van der Waals surface area contributed by atoms with Crippen LogP contribution in [0.15, 0.2) is 36.4 Å². The normalized spacial score (nSPS) is 12.0. The summed E-state index contributed by atoms with van der Waals surface area (Å²) in [6.07, 6.45) is 0. The van der Waals surface area contributed by atoms with Gasteiger partial charge in [0, 0.05) is 35.3 Å². The Morgan fingerprint density at radius 3 is 2.67 bits per heavy atom. The smallest absolute Gasteiger partial charge is 0.348 e. The number of thiophene rings is 1. The number of nitrogens with one attached hydrogen (secondary N) is 1. The summed E-state index contributed by atoms with van der Waals surface area (Å²) in [6, 6.07) is 11.0. The molecular formula is C24H24N2O6S. The van der Waals surface area contributed by atoms with Crippen LogP contribution in [0, 0.1) is 13.8 Å². The molecule has 0 aliphatic carbocycles. The van der Waals surface area contributed by atoms with Gasteiger partial charge in [-0.2, -0.15) is 0 Å². The Labute approximate surface area is 195 Å². The maximum absolute atomic E-state index is 12.8. The van der Waals surface area contributed by atoms with Crippen molar-refractivity contribution in [3.63, 3.8) is 0 Å². The number of ether oxygens (including phenoxy) is 3. The van der Waals surface area contributed by atoms with Gasteiger partial charge in [0.05, 0.1) is 6.54 Å². The second-order valence-corrected chi connectivity index (χ2v) is 8.90. The third kappa shape index (κ3) is 5.09. The molecule has 33 heavy (non-hydrogen) atoms. The molecular weight excluding hydrogens is 444 g/mol. The molecule has 3 heterocycles. The third-order valence-electron chi connectivity index (χ3n) is 5.36. The van der Waals surface area contributed by atoms with Crippen molar-refractivity contribution in [2.45, 2.75) is 33.9 Å². The van der Waals surface area contributed by atoms with Crippen LogP contribution >= 0.6 is 11.3 Å². The number of esters is 1. The number of rotatable bonds is 8. The largest absolute Gasteiger partial charge is 0.454 e. The van der Waals surface area contributed by atoms with Gasteiger partial charge in [0.2, 0.25) is 18.5 Å². The second-order valence-electron chi connectivity index (χ2n) is 7.73. The van der Waals surface area contributed by atoms with Crippen LogP contribution in [0.4, 0.5) is 0 Å². The lowest BCUT2D eigenvalue weighted by Crippen LogP contribution is -2.18. The van der Waals surface area contributed by atoms with Gasteiger partial charge in [0.1, 0.15) is 4.88 Å². The molecule has 4 rings (SSSR count). The maximum Gasteiger partial charge on any atom is 0.348 e. The quantitative estimate of drug-likeness (QED) is 0.401. The number of nitrogens with zero attached hydrogens (tertiary/aromatic N) is 1. The van der Waals surface area contributed by atoms with E-state index >= 15 is 0 Å². The van der Waals surface area contributed by atoms with Crippen LogP contribution in [0.2, 0.25) is 0 Å². The van der Waals surface area contributed by atoms with Gasteiger partial charge in [-0.3, -0.25) is 9.59 Å². The number of benzene rings is 1. The summed E-state index contributed by atoms with van der Waals surface area (Å²) >= 11 is 1.23. The van der Waals surface area contributed by atoms with E-state index in [0.29, 0.717) is 29.3 Å². The molecule has 0 atom stereocenters. The van der Waals surface area contributed by atoms with E-state index in [1.165, 1.54) is 18.3 Å². The van der Waals surface area contributed by atoms with Crippen molar-refractivity contribution in [2.75, 3.05) is 13.4 Å². The highest BCUT2D eigenvalue weighted by molar-refractivity contribution is 7.13. The first-order chi connectivity index (χ1) is 15.8. The van der Waals surface area contributed by atoms with Gasteiger partial charge in [-0.25, -0.2) is 4.79 Å². The summed E-state index contributed by atoms with van der Waals surface area (Å²) in [5, 5.41) is 2.68. The van der Waals surface area contributed by atoms with E-state index in [2.05, 4.69) is 5.32 Å². The first-order valence-corrected chi connectivity index (χ1v) is 11.2. The number of aryl methyl sites for hydroxylation is 1. The molecule has 2 aromatic heterocycles. The van der Waals surface area contributed by atoms with E-state index in [4.69, 9.17) is 14.2 Å². The van der Waals surface area contributed by atoms with E-state index in [0.717, 1.165) is 27.6 Å². The van der Waals surface area contributed by atoms with Crippen LogP contribution in [0.3, 0.4) is 0 Å². The molecule has 0 bridgehead atoms. The van der Waals surface area contributed by atoms with Crippen LogP contribution < -0.4 is 14.8 Å². The average Bonchev–Trinajstić information content (AvgIpc) is 3.51. The Morgan fingerprint density at radius 1 is 1.09 bits per heavy atom. The number of hydrogen-bond acceptors (Lipinski definition) is 7. The summed E-state index contributed by atoms with van der Waals surface area (Å²) in [5.74, 6) is 0.478. The minimum atomic E-state index is -0.559. The fourth-order valence-corrected chi connectivity index (χ4v) is 4.46. The standard InChI is InChI=1S/C24H24N2O6S/c1-14-8-19(15(2)26(14)11-17-4-6-21-22(9-17)32-13-31-21)20(28)12-30-24(29)23-7-5-18(33-23)10-25-16(3)27/h4-9H,10-13H2,1-3H3,(H,25,27). The van der Waals surface area contributed by atoms with Crippen molar-refractivity contribution >= 4 is 29.0 Å². The highest BCUT2D eigenvalue weighted by atomic mass is 32.1. The average molecular weight is 469 g/mol. The summed E-state index contributed by atoms with van der Waals surface area (Å²) in [7, 11) is 0. The SMILES string of the molecule is CC(=O)NCc1ccc(C(=O)OCC(=O)c2cc(C)n(Cc3ccc4c(c3)OCO4)c2C)s1. The second kappa shape index (κ2) is 9.50. The first kappa shape index (κ1) is 22.6. The predicted octanol–water partition coefficient (Wildman–Crippen LogP) is 3.62. The Hall–Kier alpha value is -3.59. The topological polar surface area (TPSA) is 95.9 Å². The van der Waals surface area contributed by atoms with E-state index in [1.807, 2.05) is 42.7 Å². The fraction of sp³-hybridized carbons (Fsp3) is 0.292. The molecule has 1 N–H and O–H groups in total. The molecule has 0 saturated carbocycles. The highest BCUT2D eigenvalue weighted by Gasteiger charge is 2.20. The van der Waals surface area contributed by atoms with Crippen LogP contribution in [-0.2, 0) is 22.6 Å². The molecule has 172 valence electrons. The van der Waals surface area contributed by atoms with Crippen molar-refractivity contribution in [1.82, 2.24) is 9.88 Å². The van der Waals surface area contributed by atoms with Gasteiger partial charge in [0.25, 0.3) is 0 Å². The zero-order valence-corrected chi connectivity index (χ0v) is 19.4. The van der Waals surface area contributed by atoms with E-state index < -0.39 is 5.97 Å². The van der Waals surface area contributed by atoms with Crippen molar-refractivity contribution in [3.8, 4) is 11.5 Å². The molecule has 0 spiro atoms. The van der Waals surface area contributed by atoms with E-state index in [9.17, 15) is 14.4 Å². The van der Waals surface area contributed by atoms with Crippen LogP contribution in [0.5, 0.6) is 11.5 Å². The molecule has 1 aliphatic rings. The maximum atomic E-state index is 12.8. The number of hydrogen-bond donors (Lipinski definition) is 1. The van der Waals surface area contributed by atoms with Gasteiger partial charge in [-0.05, 0) is 49.7 Å². The van der Waals surface area contributed by atoms with Gasteiger partial charge >= 0.3 is 5.97 Å². The minimum absolute atomic E-state index is 0.144. The first-order valence-electron chi connectivity index (χ1n) is 10.4. The molecule has 1 aliphatic heterocycles. The molecule has 1 amide bonds. The Morgan fingerprint density at radius 2 is 1.88 bits per heavy atom. The van der Waals surface area contributed by atoms with Crippen LogP contribution in [0.1, 0.15) is 48.8 Å². The lowest BCUT2D eigenvalue weighted by molar-refractivity contribution is -0.119. The molecule has 9 heteroatoms. The molecule has 3 aromatic rings. The van der Waals surface area contributed by atoms with Gasteiger partial charge in [0.15, 0.2) is 18.1 Å². The van der Waals surface area contributed by atoms with E-state index in [-0.39, 0.29) is 25.1 Å². The molecule has 1 aromatic carbocycles. The Balaban J connectivity index is 1.39. The third-order valence-corrected chi connectivity index (χ3v) is 6.43. The zero-order valence-electron chi connectivity index (χ0n) is 18.6. The van der Waals surface area contributed by atoms with Crippen LogP contribution in [-0.4, -0.2) is 35.6 Å². The highest BCUT2D eigenvalue weighted by Crippen LogP contribution is 2.33. The Kier molecular flexibility index (Phi) is 6.50. The number of carbonyl (C=O) groups excluding carboxylic acids is 3. The number of aromatic nitrogens is 1. The van der Waals surface area contributed by atoms with Gasteiger partial charge < -0.3 is 24.1 Å². The summed E-state index contributed by atoms with van der Waals surface area (Å²) in [6.45, 7) is 6.05. The predicted molar refractivity (Wildman–Crippen MR) is 122 cm³/mol. The number of Topliss-reactive ketones (excluding diaryl/α,β-unsaturated/α-hetero) is 1. The number of carbonyl (C=O) groups is 3. The molecule has 0 saturated heterocycles. The number of fused-ring (bicyclic) bond motifs is 1. The van der Waals surface area contributed by atoms with Crippen molar-refractivity contribution in [2.24, 2.45) is 0 Å². The van der Waals surface area contributed by atoms with Crippen molar-refractivity contribution < 1.29 is 28.6 Å². The van der Waals surface area contributed by atoms with Crippen molar-refractivity contribution in [1.29, 1.82) is 0 Å². The Bertz CT molecular complexity index is 1230. The molecule has 0 fully saturated rings. The van der Waals surface area contributed by atoms with Gasteiger partial charge in [-0.1, -0.05) is 6.07 Å². The fourth-order valence-electron chi connectivity index (χ4n) is 3.62. The van der Waals surface area contributed by atoms with Crippen molar-refractivity contribution in [3.05, 3.63) is 68.7 Å². The summed E-state index contributed by atoms with van der Waals surface area (Å²) in [5.41, 5.74) is 3.29. The molecule has 8 nitrogen and oxygen atoms in total. The number of ketones is 1.